The lowest BCUT2D eigenvalue weighted by Crippen LogP contribution is -2.30. The van der Waals surface area contributed by atoms with E-state index in [1.54, 1.807) is 48.5 Å². The van der Waals surface area contributed by atoms with Crippen LogP contribution in [0.1, 0.15) is 48.3 Å². The Balaban J connectivity index is 1.09. The number of hydrogen-bond acceptors (Lipinski definition) is 7. The molecule has 0 spiro atoms. The van der Waals surface area contributed by atoms with Gasteiger partial charge in [-0.3, -0.25) is 19.3 Å². The molecule has 11 heteroatoms. The number of fused-ring (bicyclic) bond motifs is 1. The van der Waals surface area contributed by atoms with Crippen molar-refractivity contribution in [1.82, 2.24) is 10.2 Å². The van der Waals surface area contributed by atoms with Gasteiger partial charge in [-0.1, -0.05) is 113 Å². The molecule has 1 aromatic heterocycles. The first kappa shape index (κ1) is 38.5. The number of rotatable bonds is 12. The minimum atomic E-state index is -0.667. The van der Waals surface area contributed by atoms with Crippen molar-refractivity contribution >= 4 is 73.5 Å². The van der Waals surface area contributed by atoms with Crippen LogP contribution in [0.4, 0.5) is 10.7 Å². The Bertz CT molecular complexity index is 2430. The highest BCUT2D eigenvalue weighted by atomic mass is 79.9. The molecule has 56 heavy (non-hydrogen) atoms. The molecule has 6 aromatic rings. The van der Waals surface area contributed by atoms with E-state index in [-0.39, 0.29) is 11.6 Å². The van der Waals surface area contributed by atoms with Crippen LogP contribution in [0.3, 0.4) is 0 Å². The zero-order valence-corrected chi connectivity index (χ0v) is 33.3. The third-order valence-electron chi connectivity index (χ3n) is 9.11. The summed E-state index contributed by atoms with van der Waals surface area (Å²) < 4.78 is 0.829. The van der Waals surface area contributed by atoms with E-state index in [1.165, 1.54) is 28.7 Å². The first-order valence-electron chi connectivity index (χ1n) is 17.9. The maximum Gasteiger partial charge on any atom is 0.272 e. The third kappa shape index (κ3) is 9.72. The van der Waals surface area contributed by atoms with E-state index in [0.717, 1.165) is 50.4 Å². The summed E-state index contributed by atoms with van der Waals surface area (Å²) in [4.78, 5) is 45.3. The fourth-order valence-electron chi connectivity index (χ4n) is 6.40. The van der Waals surface area contributed by atoms with Gasteiger partial charge >= 0.3 is 0 Å². The average molecular weight is 839 g/mol. The number of amides is 3. The number of thioether (sulfide) groups is 1. The molecule has 1 unspecified atom stereocenters. The van der Waals surface area contributed by atoms with E-state index < -0.39 is 17.1 Å². The highest BCUT2D eigenvalue weighted by molar-refractivity contribution is 9.10. The maximum absolute atomic E-state index is 14.2. The Kier molecular flexibility index (Phi) is 12.5. The molecule has 3 N–H and O–H groups in total. The molecule has 1 aliphatic heterocycles. The number of carbonyl (C=O) groups excluding carboxylic acids is 3. The summed E-state index contributed by atoms with van der Waals surface area (Å²) >= 11 is 6.29. The standard InChI is InChI=1S/C45H36BrN5O3S2/c46-34-19-10-14-31(24-34)25-39(49-42(52)33-17-8-3-9-18-33)43(53)48-35-20-11-21-36(26-35)55-41(32-15-6-2-7-16-32)44(54)50-45-38(27-47)37-22-23-51(29-40(37)56-45)28-30-12-4-1-5-13-30/h1-21,24-26,41H,22-23,28-29H2,(H,48,53)(H,49,52)(H,50,54)/b39-25+. The fraction of sp³-hybridized carbons (Fsp3) is 0.111. The van der Waals surface area contributed by atoms with Crippen molar-refractivity contribution in [1.29, 1.82) is 5.26 Å². The number of halogens is 1. The van der Waals surface area contributed by atoms with Crippen molar-refractivity contribution < 1.29 is 14.4 Å². The lowest BCUT2D eigenvalue weighted by molar-refractivity contribution is -0.116. The molecule has 8 nitrogen and oxygen atoms in total. The van der Waals surface area contributed by atoms with E-state index in [2.05, 4.69) is 55.0 Å². The largest absolute Gasteiger partial charge is 0.321 e. The molecule has 1 atom stereocenters. The summed E-state index contributed by atoms with van der Waals surface area (Å²) in [5, 5.41) is 19.0. The third-order valence-corrected chi connectivity index (χ3v) is 12.0. The molecule has 0 fully saturated rings. The van der Waals surface area contributed by atoms with Crippen LogP contribution in [0.15, 0.2) is 155 Å². The molecular weight excluding hydrogens is 803 g/mol. The molecule has 1 aliphatic rings. The summed E-state index contributed by atoms with van der Waals surface area (Å²) in [6.45, 7) is 2.36. The van der Waals surface area contributed by atoms with Crippen molar-refractivity contribution in [3.8, 4) is 6.07 Å². The van der Waals surface area contributed by atoms with Crippen LogP contribution in [0, 0.1) is 11.3 Å². The van der Waals surface area contributed by atoms with Gasteiger partial charge in [0.25, 0.3) is 11.8 Å². The zero-order valence-electron chi connectivity index (χ0n) is 30.1. The summed E-state index contributed by atoms with van der Waals surface area (Å²) in [5.41, 5.74) is 5.25. The number of thiophene rings is 1. The molecule has 0 saturated heterocycles. The van der Waals surface area contributed by atoms with E-state index in [9.17, 15) is 19.6 Å². The second-order valence-corrected chi connectivity index (χ2v) is 16.3. The summed E-state index contributed by atoms with van der Waals surface area (Å²) in [6, 6.07) is 45.5. The van der Waals surface area contributed by atoms with Gasteiger partial charge in [-0.05, 0) is 77.2 Å². The van der Waals surface area contributed by atoms with E-state index in [0.29, 0.717) is 28.4 Å². The van der Waals surface area contributed by atoms with Gasteiger partial charge in [0, 0.05) is 45.1 Å². The molecule has 278 valence electrons. The molecular formula is C45H36BrN5O3S2. The number of nitriles is 1. The number of hydrogen-bond donors (Lipinski definition) is 3. The highest BCUT2D eigenvalue weighted by Gasteiger charge is 2.28. The van der Waals surface area contributed by atoms with Crippen LogP contribution >= 0.6 is 39.0 Å². The molecule has 2 heterocycles. The van der Waals surface area contributed by atoms with Crippen LogP contribution in [0.2, 0.25) is 0 Å². The molecule has 0 saturated carbocycles. The van der Waals surface area contributed by atoms with Gasteiger partial charge in [-0.25, -0.2) is 0 Å². The second-order valence-electron chi connectivity index (χ2n) is 13.1. The Morgan fingerprint density at radius 1 is 0.857 bits per heavy atom. The molecule has 0 aliphatic carbocycles. The Hall–Kier alpha value is -5.77. The minimum absolute atomic E-state index is 0.0617. The molecule has 5 aromatic carbocycles. The van der Waals surface area contributed by atoms with Gasteiger partial charge in [0.05, 0.1) is 5.56 Å². The van der Waals surface area contributed by atoms with Gasteiger partial charge < -0.3 is 16.0 Å². The average Bonchev–Trinajstić information content (AvgIpc) is 3.56. The molecule has 0 radical (unpaired) electrons. The van der Waals surface area contributed by atoms with Crippen LogP contribution in [-0.4, -0.2) is 29.2 Å². The summed E-state index contributed by atoms with van der Waals surface area (Å²) in [5.74, 6) is -1.18. The summed E-state index contributed by atoms with van der Waals surface area (Å²) in [7, 11) is 0. The Morgan fingerprint density at radius 2 is 1.57 bits per heavy atom. The molecule has 0 bridgehead atoms. The number of nitrogens with one attached hydrogen (secondary N) is 3. The number of benzene rings is 5. The van der Waals surface area contributed by atoms with Gasteiger partial charge in [0.15, 0.2) is 0 Å². The van der Waals surface area contributed by atoms with Gasteiger partial charge in [0.2, 0.25) is 5.91 Å². The van der Waals surface area contributed by atoms with Crippen molar-refractivity contribution in [2.75, 3.05) is 17.2 Å². The maximum atomic E-state index is 14.2. The smallest absolute Gasteiger partial charge is 0.272 e. The number of nitrogens with zero attached hydrogens (tertiary/aromatic N) is 2. The Labute approximate surface area is 342 Å². The highest BCUT2D eigenvalue weighted by Crippen LogP contribution is 2.41. The molecule has 7 rings (SSSR count). The minimum Gasteiger partial charge on any atom is -0.321 e. The molecule has 3 amide bonds. The van der Waals surface area contributed by atoms with Crippen molar-refractivity contribution in [2.45, 2.75) is 29.7 Å². The summed E-state index contributed by atoms with van der Waals surface area (Å²) in [6.07, 6.45) is 2.36. The lowest BCUT2D eigenvalue weighted by Gasteiger charge is -2.26. The van der Waals surface area contributed by atoms with E-state index >= 15 is 0 Å². The normalized spacial score (nSPS) is 13.2. The quantitative estimate of drug-likeness (QED) is 0.0836. The van der Waals surface area contributed by atoms with Crippen LogP contribution in [-0.2, 0) is 29.1 Å². The van der Waals surface area contributed by atoms with E-state index in [4.69, 9.17) is 0 Å². The first-order valence-corrected chi connectivity index (χ1v) is 20.4. The first-order chi connectivity index (χ1) is 27.3. The Morgan fingerprint density at radius 3 is 2.30 bits per heavy atom. The SMILES string of the molecule is N#Cc1c(NC(=O)C(Sc2cccc(NC(=O)/C(=C\c3cccc(Br)c3)NC(=O)c3ccccc3)c2)c2ccccc2)sc2c1CCN(Cc1ccccc1)C2. The van der Waals surface area contributed by atoms with Crippen molar-refractivity contribution in [2.24, 2.45) is 0 Å². The van der Waals surface area contributed by atoms with Gasteiger partial charge in [0.1, 0.15) is 22.0 Å². The number of anilines is 2. The number of carbonyl (C=O) groups is 3. The zero-order chi connectivity index (χ0) is 38.9. The fourth-order valence-corrected chi connectivity index (χ4v) is 9.15. The predicted molar refractivity (Wildman–Crippen MR) is 228 cm³/mol. The topological polar surface area (TPSA) is 114 Å². The van der Waals surface area contributed by atoms with Crippen LogP contribution in [0.5, 0.6) is 0 Å². The predicted octanol–water partition coefficient (Wildman–Crippen LogP) is 9.82. The van der Waals surface area contributed by atoms with Crippen LogP contribution < -0.4 is 16.0 Å². The van der Waals surface area contributed by atoms with Crippen molar-refractivity contribution in [3.05, 3.63) is 188 Å². The van der Waals surface area contributed by atoms with E-state index in [1.807, 2.05) is 84.9 Å². The van der Waals surface area contributed by atoms with Crippen LogP contribution in [0.25, 0.3) is 6.08 Å². The monoisotopic (exact) mass is 837 g/mol. The second kappa shape index (κ2) is 18.2. The van der Waals surface area contributed by atoms with Crippen molar-refractivity contribution in [3.63, 3.8) is 0 Å². The van der Waals surface area contributed by atoms with Gasteiger partial charge in [-0.2, -0.15) is 5.26 Å². The van der Waals surface area contributed by atoms with Gasteiger partial charge in [-0.15, -0.1) is 23.1 Å². The lowest BCUT2D eigenvalue weighted by atomic mass is 10.0.